The van der Waals surface area contributed by atoms with Crippen LogP contribution in [0.25, 0.3) is 0 Å². The molecule has 0 aromatic heterocycles. The molecule has 1 aromatic carbocycles. The van der Waals surface area contributed by atoms with Crippen molar-refractivity contribution in [2.75, 3.05) is 19.7 Å². The third-order valence-corrected chi connectivity index (χ3v) is 4.54. The molecule has 0 unspecified atom stereocenters. The monoisotopic (exact) mass is 329 g/mol. The summed E-state index contributed by atoms with van der Waals surface area (Å²) in [5.41, 5.74) is 6.52. The largest absolute Gasteiger partial charge is 0.492 e. The van der Waals surface area contributed by atoms with Gasteiger partial charge in [-0.1, -0.05) is 30.4 Å². The molecular weight excluding hydrogens is 306 g/mol. The van der Waals surface area contributed by atoms with Gasteiger partial charge in [-0.05, 0) is 18.9 Å². The number of rotatable bonds is 4. The standard InChI is InChI=1S/C18H23N3O3/c19-18(23)14-6-2-3-7-15(14)20-17(22)12-21-9-10-24-16-8-4-1-5-13(16)11-21/h1-5,8,14-15H,6-7,9-12H2,(H2,19,23)(H,20,22)/t14-,15-/m1/s1. The average Bonchev–Trinajstić information content (AvgIpc) is 2.76. The molecule has 6 heteroatoms. The van der Waals surface area contributed by atoms with Gasteiger partial charge in [0.2, 0.25) is 11.8 Å². The minimum absolute atomic E-state index is 0.0825. The van der Waals surface area contributed by atoms with E-state index in [-0.39, 0.29) is 30.3 Å². The molecule has 1 aliphatic carbocycles. The lowest BCUT2D eigenvalue weighted by Crippen LogP contribution is -2.49. The highest BCUT2D eigenvalue weighted by Crippen LogP contribution is 2.22. The van der Waals surface area contributed by atoms with Gasteiger partial charge in [-0.15, -0.1) is 0 Å². The summed E-state index contributed by atoms with van der Waals surface area (Å²) < 4.78 is 5.72. The van der Waals surface area contributed by atoms with Crippen molar-refractivity contribution in [3.63, 3.8) is 0 Å². The Morgan fingerprint density at radius 3 is 2.88 bits per heavy atom. The topological polar surface area (TPSA) is 84.7 Å². The smallest absolute Gasteiger partial charge is 0.234 e. The van der Waals surface area contributed by atoms with E-state index in [2.05, 4.69) is 10.2 Å². The highest BCUT2D eigenvalue weighted by molar-refractivity contribution is 5.81. The van der Waals surface area contributed by atoms with E-state index in [0.717, 1.165) is 11.3 Å². The van der Waals surface area contributed by atoms with Crippen LogP contribution in [0, 0.1) is 5.92 Å². The van der Waals surface area contributed by atoms with Gasteiger partial charge in [-0.3, -0.25) is 14.5 Å². The zero-order valence-corrected chi connectivity index (χ0v) is 13.6. The van der Waals surface area contributed by atoms with E-state index in [4.69, 9.17) is 10.5 Å². The Morgan fingerprint density at radius 1 is 1.25 bits per heavy atom. The summed E-state index contributed by atoms with van der Waals surface area (Å²) in [7, 11) is 0. The summed E-state index contributed by atoms with van der Waals surface area (Å²) in [4.78, 5) is 26.0. The molecule has 1 aliphatic heterocycles. The van der Waals surface area contributed by atoms with Gasteiger partial charge >= 0.3 is 0 Å². The number of primary amides is 1. The van der Waals surface area contributed by atoms with E-state index in [1.54, 1.807) is 0 Å². The summed E-state index contributed by atoms with van der Waals surface area (Å²) in [6, 6.07) is 7.67. The molecule has 0 bridgehead atoms. The van der Waals surface area contributed by atoms with Crippen molar-refractivity contribution in [2.45, 2.75) is 25.4 Å². The molecule has 2 amide bonds. The number of para-hydroxylation sites is 1. The first kappa shape index (κ1) is 16.5. The molecule has 1 aromatic rings. The molecule has 1 heterocycles. The Bertz CT molecular complexity index is 644. The second-order valence-corrected chi connectivity index (χ2v) is 6.29. The number of hydrogen-bond acceptors (Lipinski definition) is 4. The molecule has 2 aliphatic rings. The number of hydrogen-bond donors (Lipinski definition) is 2. The van der Waals surface area contributed by atoms with Crippen LogP contribution in [0.15, 0.2) is 36.4 Å². The lowest BCUT2D eigenvalue weighted by Gasteiger charge is -2.28. The number of carbonyl (C=O) groups excluding carboxylic acids is 2. The number of nitrogens with two attached hydrogens (primary N) is 1. The van der Waals surface area contributed by atoms with Crippen molar-refractivity contribution in [2.24, 2.45) is 11.7 Å². The molecule has 0 fully saturated rings. The van der Waals surface area contributed by atoms with E-state index in [9.17, 15) is 9.59 Å². The summed E-state index contributed by atoms with van der Waals surface area (Å²) in [5, 5.41) is 2.97. The van der Waals surface area contributed by atoms with Gasteiger partial charge in [-0.2, -0.15) is 0 Å². The molecule has 128 valence electrons. The van der Waals surface area contributed by atoms with Crippen molar-refractivity contribution in [3.05, 3.63) is 42.0 Å². The van der Waals surface area contributed by atoms with Gasteiger partial charge in [0.05, 0.1) is 12.5 Å². The first-order valence-corrected chi connectivity index (χ1v) is 8.30. The Hall–Kier alpha value is -2.34. The Labute approximate surface area is 141 Å². The fourth-order valence-corrected chi connectivity index (χ4v) is 3.26. The molecule has 3 rings (SSSR count). The zero-order valence-electron chi connectivity index (χ0n) is 13.6. The van der Waals surface area contributed by atoms with Crippen molar-refractivity contribution < 1.29 is 14.3 Å². The molecule has 0 saturated heterocycles. The minimum atomic E-state index is -0.359. The van der Waals surface area contributed by atoms with Crippen LogP contribution in [0.1, 0.15) is 18.4 Å². The highest BCUT2D eigenvalue weighted by Gasteiger charge is 2.29. The Kier molecular flexibility index (Phi) is 5.15. The van der Waals surface area contributed by atoms with Gasteiger partial charge in [0.25, 0.3) is 0 Å². The van der Waals surface area contributed by atoms with Crippen LogP contribution < -0.4 is 15.8 Å². The van der Waals surface area contributed by atoms with E-state index in [1.165, 1.54) is 0 Å². The maximum absolute atomic E-state index is 12.4. The van der Waals surface area contributed by atoms with Crippen LogP contribution in [0.2, 0.25) is 0 Å². The van der Waals surface area contributed by atoms with E-state index in [0.29, 0.717) is 32.5 Å². The zero-order chi connectivity index (χ0) is 16.9. The highest BCUT2D eigenvalue weighted by atomic mass is 16.5. The lowest BCUT2D eigenvalue weighted by atomic mass is 9.88. The molecule has 0 spiro atoms. The lowest BCUT2D eigenvalue weighted by molar-refractivity contribution is -0.125. The average molecular weight is 329 g/mol. The van der Waals surface area contributed by atoms with Crippen LogP contribution in [-0.2, 0) is 16.1 Å². The predicted octanol–water partition coefficient (Wildman–Crippen LogP) is 0.817. The number of fused-ring (bicyclic) bond motifs is 1. The second kappa shape index (κ2) is 7.49. The van der Waals surface area contributed by atoms with Crippen LogP contribution in [-0.4, -0.2) is 42.5 Å². The third-order valence-electron chi connectivity index (χ3n) is 4.54. The van der Waals surface area contributed by atoms with Crippen molar-refractivity contribution in [3.8, 4) is 5.75 Å². The fraction of sp³-hybridized carbons (Fsp3) is 0.444. The van der Waals surface area contributed by atoms with Crippen LogP contribution in [0.4, 0.5) is 0 Å². The molecule has 0 radical (unpaired) electrons. The summed E-state index contributed by atoms with van der Waals surface area (Å²) in [5.74, 6) is 0.112. The van der Waals surface area contributed by atoms with Crippen molar-refractivity contribution >= 4 is 11.8 Å². The van der Waals surface area contributed by atoms with Crippen molar-refractivity contribution in [1.82, 2.24) is 10.2 Å². The SMILES string of the molecule is NC(=O)[C@@H]1CC=CC[C@H]1NC(=O)CN1CCOc2ccccc2C1. The number of allylic oxidation sites excluding steroid dienone is 1. The van der Waals surface area contributed by atoms with Crippen LogP contribution >= 0.6 is 0 Å². The quantitative estimate of drug-likeness (QED) is 0.801. The first-order valence-electron chi connectivity index (χ1n) is 8.30. The van der Waals surface area contributed by atoms with E-state index >= 15 is 0 Å². The molecule has 6 nitrogen and oxygen atoms in total. The Balaban J connectivity index is 1.58. The minimum Gasteiger partial charge on any atom is -0.492 e. The number of nitrogens with one attached hydrogen (secondary N) is 1. The number of amides is 2. The third kappa shape index (κ3) is 3.94. The van der Waals surface area contributed by atoms with E-state index in [1.807, 2.05) is 36.4 Å². The maximum Gasteiger partial charge on any atom is 0.234 e. The molecule has 3 N–H and O–H groups in total. The van der Waals surface area contributed by atoms with Crippen LogP contribution in [0.3, 0.4) is 0 Å². The van der Waals surface area contributed by atoms with Gasteiger partial charge in [0, 0.05) is 24.7 Å². The summed E-state index contributed by atoms with van der Waals surface area (Å²) in [6.07, 6.45) is 5.16. The van der Waals surface area contributed by atoms with Gasteiger partial charge in [-0.25, -0.2) is 0 Å². The maximum atomic E-state index is 12.4. The number of nitrogens with zero attached hydrogens (tertiary/aromatic N) is 1. The van der Waals surface area contributed by atoms with E-state index < -0.39 is 0 Å². The summed E-state index contributed by atoms with van der Waals surface area (Å²) in [6.45, 7) is 2.20. The number of ether oxygens (including phenoxy) is 1. The number of carbonyl (C=O) groups is 2. The van der Waals surface area contributed by atoms with Crippen molar-refractivity contribution in [1.29, 1.82) is 0 Å². The normalized spacial score (nSPS) is 23.7. The Morgan fingerprint density at radius 2 is 2.04 bits per heavy atom. The molecule has 2 atom stereocenters. The first-order chi connectivity index (χ1) is 11.6. The van der Waals surface area contributed by atoms with Gasteiger partial charge < -0.3 is 15.8 Å². The fourth-order valence-electron chi connectivity index (χ4n) is 3.26. The second-order valence-electron chi connectivity index (χ2n) is 6.29. The summed E-state index contributed by atoms with van der Waals surface area (Å²) >= 11 is 0. The van der Waals surface area contributed by atoms with Crippen LogP contribution in [0.5, 0.6) is 5.75 Å². The van der Waals surface area contributed by atoms with Gasteiger partial charge in [0.15, 0.2) is 0 Å². The molecular formula is C18H23N3O3. The molecule has 0 saturated carbocycles. The number of benzene rings is 1. The van der Waals surface area contributed by atoms with Gasteiger partial charge in [0.1, 0.15) is 12.4 Å². The predicted molar refractivity (Wildman–Crippen MR) is 90.2 cm³/mol. The molecule has 24 heavy (non-hydrogen) atoms.